The molecule has 0 saturated heterocycles. The summed E-state index contributed by atoms with van der Waals surface area (Å²) in [5.41, 5.74) is 8.28. The standard InChI is InChI=1S/C28H42O/c1-17(2)18(3)7-8-19(4)26-11-12-27-25-15-21-9-10-22(29)16-24(21)20(5)23(25)13-14-28(26,27)6/h7-8,15,17-19,22,26-27,29H,9-14,16H2,1-6H3. The van der Waals surface area contributed by atoms with E-state index in [1.54, 1.807) is 11.1 Å². The van der Waals surface area contributed by atoms with E-state index in [0.29, 0.717) is 17.3 Å². The molecule has 1 aromatic carbocycles. The van der Waals surface area contributed by atoms with Crippen LogP contribution in [0, 0.1) is 36.0 Å². The highest BCUT2D eigenvalue weighted by Crippen LogP contribution is 2.61. The van der Waals surface area contributed by atoms with Crippen LogP contribution in [-0.4, -0.2) is 11.2 Å². The minimum Gasteiger partial charge on any atom is -0.393 e. The second-order valence-corrected chi connectivity index (χ2v) is 11.2. The average Bonchev–Trinajstić information content (AvgIpc) is 3.04. The molecule has 160 valence electrons. The van der Waals surface area contributed by atoms with Crippen LogP contribution in [-0.2, 0) is 19.3 Å². The normalized spacial score (nSPS) is 33.4. The molecule has 1 saturated carbocycles. The quantitative estimate of drug-likeness (QED) is 0.558. The molecule has 1 aromatic rings. The zero-order valence-electron chi connectivity index (χ0n) is 19.6. The third-order valence-corrected chi connectivity index (χ3v) is 9.26. The number of aliphatic hydroxyl groups excluding tert-OH is 1. The van der Waals surface area contributed by atoms with E-state index in [1.807, 2.05) is 0 Å². The number of hydrogen-bond donors (Lipinski definition) is 1. The van der Waals surface area contributed by atoms with Crippen molar-refractivity contribution in [2.75, 3.05) is 0 Å². The van der Waals surface area contributed by atoms with Crippen molar-refractivity contribution in [1.82, 2.24) is 0 Å². The Morgan fingerprint density at radius 2 is 1.79 bits per heavy atom. The molecule has 1 fully saturated rings. The Labute approximate surface area is 179 Å². The van der Waals surface area contributed by atoms with Gasteiger partial charge < -0.3 is 5.11 Å². The first kappa shape index (κ1) is 21.2. The summed E-state index contributed by atoms with van der Waals surface area (Å²) in [5, 5.41) is 10.2. The van der Waals surface area contributed by atoms with Gasteiger partial charge in [0.15, 0.2) is 0 Å². The second-order valence-electron chi connectivity index (χ2n) is 11.2. The fraction of sp³-hybridized carbons (Fsp3) is 0.714. The van der Waals surface area contributed by atoms with Crippen molar-refractivity contribution < 1.29 is 5.11 Å². The summed E-state index contributed by atoms with van der Waals surface area (Å²) in [4.78, 5) is 0. The Morgan fingerprint density at radius 1 is 1.03 bits per heavy atom. The molecule has 0 bridgehead atoms. The summed E-state index contributed by atoms with van der Waals surface area (Å²) in [6.07, 6.45) is 13.0. The molecule has 3 aliphatic rings. The highest BCUT2D eigenvalue weighted by molar-refractivity contribution is 5.50. The highest BCUT2D eigenvalue weighted by atomic mass is 16.3. The van der Waals surface area contributed by atoms with Gasteiger partial charge in [-0.1, -0.05) is 52.8 Å². The van der Waals surface area contributed by atoms with Crippen LogP contribution in [0.5, 0.6) is 0 Å². The van der Waals surface area contributed by atoms with Gasteiger partial charge in [-0.05, 0) is 115 Å². The minimum absolute atomic E-state index is 0.134. The molecule has 0 aromatic heterocycles. The number of fused-ring (bicyclic) bond motifs is 4. The summed E-state index contributed by atoms with van der Waals surface area (Å²) >= 11 is 0. The first-order valence-electron chi connectivity index (χ1n) is 12.2. The van der Waals surface area contributed by atoms with E-state index in [4.69, 9.17) is 0 Å². The predicted octanol–water partition coefficient (Wildman–Crippen LogP) is 6.78. The number of aryl methyl sites for hydroxylation is 1. The van der Waals surface area contributed by atoms with Gasteiger partial charge in [-0.3, -0.25) is 0 Å². The summed E-state index contributed by atoms with van der Waals surface area (Å²) in [6.45, 7) is 14.4. The number of allylic oxidation sites excluding steroid dienone is 2. The molecule has 0 aliphatic heterocycles. The number of aliphatic hydroxyl groups is 1. The van der Waals surface area contributed by atoms with Crippen LogP contribution in [0.15, 0.2) is 18.2 Å². The van der Waals surface area contributed by atoms with Crippen molar-refractivity contribution in [3.8, 4) is 0 Å². The van der Waals surface area contributed by atoms with E-state index in [9.17, 15) is 5.11 Å². The van der Waals surface area contributed by atoms with Gasteiger partial charge in [0, 0.05) is 0 Å². The lowest BCUT2D eigenvalue weighted by Gasteiger charge is -2.45. The van der Waals surface area contributed by atoms with Gasteiger partial charge in [-0.25, -0.2) is 0 Å². The average molecular weight is 395 g/mol. The lowest BCUT2D eigenvalue weighted by molar-refractivity contribution is 0.141. The third-order valence-electron chi connectivity index (χ3n) is 9.26. The van der Waals surface area contributed by atoms with Crippen LogP contribution in [0.3, 0.4) is 0 Å². The molecule has 0 heterocycles. The lowest BCUT2D eigenvalue weighted by Crippen LogP contribution is -2.35. The number of benzene rings is 1. The maximum absolute atomic E-state index is 10.2. The van der Waals surface area contributed by atoms with Crippen LogP contribution < -0.4 is 0 Å². The van der Waals surface area contributed by atoms with Gasteiger partial charge >= 0.3 is 0 Å². The Kier molecular flexibility index (Phi) is 5.75. The maximum atomic E-state index is 10.2. The topological polar surface area (TPSA) is 20.2 Å². The van der Waals surface area contributed by atoms with E-state index in [0.717, 1.165) is 37.0 Å². The van der Waals surface area contributed by atoms with Gasteiger partial charge in [0.2, 0.25) is 0 Å². The molecule has 4 rings (SSSR count). The van der Waals surface area contributed by atoms with Crippen molar-refractivity contribution >= 4 is 0 Å². The van der Waals surface area contributed by atoms with E-state index in [-0.39, 0.29) is 6.10 Å². The molecular weight excluding hydrogens is 352 g/mol. The van der Waals surface area contributed by atoms with Crippen molar-refractivity contribution in [3.05, 3.63) is 46.0 Å². The first-order valence-corrected chi connectivity index (χ1v) is 12.2. The molecule has 0 radical (unpaired) electrons. The predicted molar refractivity (Wildman–Crippen MR) is 123 cm³/mol. The Morgan fingerprint density at radius 3 is 2.52 bits per heavy atom. The molecule has 29 heavy (non-hydrogen) atoms. The fourth-order valence-corrected chi connectivity index (χ4v) is 6.91. The zero-order valence-corrected chi connectivity index (χ0v) is 19.6. The fourth-order valence-electron chi connectivity index (χ4n) is 6.91. The monoisotopic (exact) mass is 394 g/mol. The van der Waals surface area contributed by atoms with Gasteiger partial charge in [0.25, 0.3) is 0 Å². The molecular formula is C28H42O. The molecule has 0 spiro atoms. The summed E-state index contributed by atoms with van der Waals surface area (Å²) in [5.74, 6) is 3.58. The summed E-state index contributed by atoms with van der Waals surface area (Å²) in [7, 11) is 0. The molecule has 6 unspecified atom stereocenters. The summed E-state index contributed by atoms with van der Waals surface area (Å²) in [6, 6.07) is 2.58. The van der Waals surface area contributed by atoms with E-state index in [1.165, 1.54) is 42.4 Å². The van der Waals surface area contributed by atoms with Crippen LogP contribution >= 0.6 is 0 Å². The highest BCUT2D eigenvalue weighted by Gasteiger charge is 2.51. The van der Waals surface area contributed by atoms with Crippen molar-refractivity contribution in [1.29, 1.82) is 0 Å². The smallest absolute Gasteiger partial charge is 0.0583 e. The zero-order chi connectivity index (χ0) is 20.9. The van der Waals surface area contributed by atoms with Gasteiger partial charge in [0.1, 0.15) is 0 Å². The Bertz CT molecular complexity index is 788. The lowest BCUT2D eigenvalue weighted by atomic mass is 9.60. The van der Waals surface area contributed by atoms with Gasteiger partial charge in [-0.15, -0.1) is 0 Å². The number of hydrogen-bond acceptors (Lipinski definition) is 1. The van der Waals surface area contributed by atoms with Crippen LogP contribution in [0.2, 0.25) is 0 Å². The molecule has 1 nitrogen and oxygen atoms in total. The molecule has 1 N–H and O–H groups in total. The van der Waals surface area contributed by atoms with Gasteiger partial charge in [-0.2, -0.15) is 0 Å². The number of rotatable bonds is 4. The molecule has 3 aliphatic carbocycles. The van der Waals surface area contributed by atoms with Crippen LogP contribution in [0.1, 0.15) is 94.0 Å². The van der Waals surface area contributed by atoms with Crippen molar-refractivity contribution in [2.45, 2.75) is 98.5 Å². The Hall–Kier alpha value is -1.08. The largest absolute Gasteiger partial charge is 0.393 e. The van der Waals surface area contributed by atoms with E-state index < -0.39 is 0 Å². The van der Waals surface area contributed by atoms with Crippen molar-refractivity contribution in [2.24, 2.45) is 29.1 Å². The first-order chi connectivity index (χ1) is 13.7. The molecule has 1 heteroatoms. The van der Waals surface area contributed by atoms with E-state index >= 15 is 0 Å². The molecule has 6 atom stereocenters. The SMILES string of the molecule is Cc1c2c(cc3c1CCC1(C)C3CCC1C(C)C=CC(C)C(C)C)CCC(O)C2. The third kappa shape index (κ3) is 3.62. The minimum atomic E-state index is -0.134. The van der Waals surface area contributed by atoms with Gasteiger partial charge in [0.05, 0.1) is 6.10 Å². The molecule has 0 amide bonds. The van der Waals surface area contributed by atoms with E-state index in [2.05, 4.69) is 59.8 Å². The maximum Gasteiger partial charge on any atom is 0.0583 e. The van der Waals surface area contributed by atoms with Crippen LogP contribution in [0.25, 0.3) is 0 Å². The van der Waals surface area contributed by atoms with Crippen LogP contribution in [0.4, 0.5) is 0 Å². The van der Waals surface area contributed by atoms with Crippen molar-refractivity contribution in [3.63, 3.8) is 0 Å². The second kappa shape index (κ2) is 7.88. The summed E-state index contributed by atoms with van der Waals surface area (Å²) < 4.78 is 0. The Balaban J connectivity index is 1.62.